The number of rotatable bonds is 3. The van der Waals surface area contributed by atoms with Crippen molar-refractivity contribution in [2.75, 3.05) is 18.8 Å². The standard InChI is InChI=1S/C13H21N3/c1-11-5-6-13(14)12(9-11)10-15-16-7-3-2-4-8-16/h5-6,9,15H,2-4,7-8,10,14H2,1H3. The molecule has 1 aliphatic rings. The Morgan fingerprint density at radius 3 is 2.75 bits per heavy atom. The quantitative estimate of drug-likeness (QED) is 0.765. The summed E-state index contributed by atoms with van der Waals surface area (Å²) in [5, 5.41) is 2.31. The van der Waals surface area contributed by atoms with Crippen LogP contribution in [0.2, 0.25) is 0 Å². The molecule has 0 radical (unpaired) electrons. The van der Waals surface area contributed by atoms with E-state index in [1.165, 1.54) is 30.4 Å². The molecule has 3 heteroatoms. The second-order valence-electron chi connectivity index (χ2n) is 4.58. The van der Waals surface area contributed by atoms with E-state index >= 15 is 0 Å². The van der Waals surface area contributed by atoms with Crippen LogP contribution >= 0.6 is 0 Å². The highest BCUT2D eigenvalue weighted by Gasteiger charge is 2.09. The van der Waals surface area contributed by atoms with Crippen LogP contribution in [-0.2, 0) is 6.54 Å². The predicted octanol–water partition coefficient (Wildman–Crippen LogP) is 2.07. The summed E-state index contributed by atoms with van der Waals surface area (Å²) in [5.41, 5.74) is 12.8. The summed E-state index contributed by atoms with van der Waals surface area (Å²) >= 11 is 0. The Kier molecular flexibility index (Phi) is 3.80. The van der Waals surface area contributed by atoms with Crippen LogP contribution < -0.4 is 11.2 Å². The summed E-state index contributed by atoms with van der Waals surface area (Å²) in [6, 6.07) is 6.20. The topological polar surface area (TPSA) is 41.3 Å². The molecular weight excluding hydrogens is 198 g/mol. The SMILES string of the molecule is Cc1ccc(N)c(CNN2CCCCC2)c1. The van der Waals surface area contributed by atoms with Gasteiger partial charge in [-0.3, -0.25) is 5.43 Å². The van der Waals surface area contributed by atoms with Gasteiger partial charge in [-0.2, -0.15) is 0 Å². The van der Waals surface area contributed by atoms with Crippen molar-refractivity contribution in [3.8, 4) is 0 Å². The zero-order valence-electron chi connectivity index (χ0n) is 10.00. The van der Waals surface area contributed by atoms with Crippen molar-refractivity contribution in [1.29, 1.82) is 0 Å². The third-order valence-corrected chi connectivity index (χ3v) is 3.15. The van der Waals surface area contributed by atoms with Gasteiger partial charge in [0.1, 0.15) is 0 Å². The number of hydrazine groups is 1. The number of hydrogen-bond acceptors (Lipinski definition) is 3. The van der Waals surface area contributed by atoms with E-state index in [2.05, 4.69) is 29.5 Å². The van der Waals surface area contributed by atoms with Gasteiger partial charge in [0.05, 0.1) is 0 Å². The van der Waals surface area contributed by atoms with Gasteiger partial charge in [-0.05, 0) is 31.4 Å². The first-order valence-corrected chi connectivity index (χ1v) is 6.09. The lowest BCUT2D eigenvalue weighted by atomic mass is 10.1. The Hall–Kier alpha value is -1.06. The van der Waals surface area contributed by atoms with Gasteiger partial charge < -0.3 is 5.73 Å². The first-order valence-electron chi connectivity index (χ1n) is 6.09. The van der Waals surface area contributed by atoms with Gasteiger partial charge >= 0.3 is 0 Å². The monoisotopic (exact) mass is 219 g/mol. The predicted molar refractivity (Wildman–Crippen MR) is 67.9 cm³/mol. The zero-order valence-corrected chi connectivity index (χ0v) is 10.00. The van der Waals surface area contributed by atoms with Crippen molar-refractivity contribution < 1.29 is 0 Å². The maximum atomic E-state index is 5.95. The Bertz CT molecular complexity index is 343. The Balaban J connectivity index is 1.90. The molecule has 1 saturated heterocycles. The fraction of sp³-hybridized carbons (Fsp3) is 0.538. The average molecular weight is 219 g/mol. The van der Waals surface area contributed by atoms with Crippen LogP contribution in [0.3, 0.4) is 0 Å². The van der Waals surface area contributed by atoms with Crippen LogP contribution in [0, 0.1) is 6.92 Å². The third-order valence-electron chi connectivity index (χ3n) is 3.15. The van der Waals surface area contributed by atoms with Crippen LogP contribution in [-0.4, -0.2) is 18.1 Å². The number of piperidine rings is 1. The summed E-state index contributed by atoms with van der Waals surface area (Å²) in [6.45, 7) is 5.26. The molecule has 3 N–H and O–H groups in total. The molecule has 1 aromatic carbocycles. The Morgan fingerprint density at radius 1 is 1.25 bits per heavy atom. The molecule has 1 fully saturated rings. The van der Waals surface area contributed by atoms with Gasteiger partial charge in [-0.25, -0.2) is 5.01 Å². The molecule has 16 heavy (non-hydrogen) atoms. The first kappa shape index (κ1) is 11.4. The molecule has 0 aliphatic carbocycles. The highest BCUT2D eigenvalue weighted by molar-refractivity contribution is 5.48. The summed E-state index contributed by atoms with van der Waals surface area (Å²) < 4.78 is 0. The lowest BCUT2D eigenvalue weighted by molar-refractivity contribution is 0.151. The highest BCUT2D eigenvalue weighted by Crippen LogP contribution is 2.14. The van der Waals surface area contributed by atoms with Crippen LogP contribution in [0.25, 0.3) is 0 Å². The van der Waals surface area contributed by atoms with Crippen LogP contribution in [0.5, 0.6) is 0 Å². The minimum absolute atomic E-state index is 0.841. The van der Waals surface area contributed by atoms with Crippen molar-refractivity contribution in [2.45, 2.75) is 32.7 Å². The molecule has 0 unspecified atom stereocenters. The minimum Gasteiger partial charge on any atom is -0.398 e. The molecule has 0 saturated carbocycles. The number of aryl methyl sites for hydroxylation is 1. The number of nitrogens with one attached hydrogen (secondary N) is 1. The van der Waals surface area contributed by atoms with Gasteiger partial charge in [0, 0.05) is 25.3 Å². The number of nitrogens with zero attached hydrogens (tertiary/aromatic N) is 1. The van der Waals surface area contributed by atoms with Crippen molar-refractivity contribution >= 4 is 5.69 Å². The van der Waals surface area contributed by atoms with Crippen LogP contribution in [0.4, 0.5) is 5.69 Å². The van der Waals surface area contributed by atoms with Crippen molar-refractivity contribution in [3.63, 3.8) is 0 Å². The van der Waals surface area contributed by atoms with E-state index in [-0.39, 0.29) is 0 Å². The van der Waals surface area contributed by atoms with E-state index in [1.807, 2.05) is 6.07 Å². The molecule has 0 bridgehead atoms. The molecule has 1 aromatic rings. The van der Waals surface area contributed by atoms with E-state index in [0.717, 1.165) is 25.3 Å². The maximum absolute atomic E-state index is 5.95. The van der Waals surface area contributed by atoms with Gasteiger partial charge in [0.25, 0.3) is 0 Å². The number of hydrogen-bond donors (Lipinski definition) is 2. The van der Waals surface area contributed by atoms with E-state index < -0.39 is 0 Å². The fourth-order valence-corrected chi connectivity index (χ4v) is 2.14. The molecule has 1 heterocycles. The van der Waals surface area contributed by atoms with E-state index in [9.17, 15) is 0 Å². The van der Waals surface area contributed by atoms with Crippen molar-refractivity contribution in [3.05, 3.63) is 29.3 Å². The number of nitrogens with two attached hydrogens (primary N) is 1. The van der Waals surface area contributed by atoms with Crippen LogP contribution in [0.1, 0.15) is 30.4 Å². The lowest BCUT2D eigenvalue weighted by Crippen LogP contribution is -2.41. The fourth-order valence-electron chi connectivity index (χ4n) is 2.14. The van der Waals surface area contributed by atoms with Gasteiger partial charge in [-0.15, -0.1) is 0 Å². The minimum atomic E-state index is 0.841. The summed E-state index contributed by atoms with van der Waals surface area (Å²) in [6.07, 6.45) is 3.97. The molecule has 0 atom stereocenters. The third kappa shape index (κ3) is 2.97. The number of benzene rings is 1. The number of nitrogen functional groups attached to an aromatic ring is 1. The molecule has 0 spiro atoms. The van der Waals surface area contributed by atoms with Gasteiger partial charge in [0.15, 0.2) is 0 Å². The maximum Gasteiger partial charge on any atom is 0.0373 e. The lowest BCUT2D eigenvalue weighted by Gasteiger charge is -2.27. The largest absolute Gasteiger partial charge is 0.398 e. The second kappa shape index (κ2) is 5.32. The van der Waals surface area contributed by atoms with Gasteiger partial charge in [-0.1, -0.05) is 24.1 Å². The van der Waals surface area contributed by atoms with E-state index in [1.54, 1.807) is 0 Å². The Labute approximate surface area is 97.6 Å². The second-order valence-corrected chi connectivity index (χ2v) is 4.58. The van der Waals surface area contributed by atoms with E-state index in [0.29, 0.717) is 0 Å². The summed E-state index contributed by atoms with van der Waals surface area (Å²) in [7, 11) is 0. The zero-order chi connectivity index (χ0) is 11.4. The smallest absolute Gasteiger partial charge is 0.0373 e. The molecular formula is C13H21N3. The highest BCUT2D eigenvalue weighted by atomic mass is 15.5. The van der Waals surface area contributed by atoms with Crippen molar-refractivity contribution in [2.24, 2.45) is 0 Å². The van der Waals surface area contributed by atoms with Gasteiger partial charge in [0.2, 0.25) is 0 Å². The van der Waals surface area contributed by atoms with Crippen LogP contribution in [0.15, 0.2) is 18.2 Å². The molecule has 88 valence electrons. The Morgan fingerprint density at radius 2 is 2.00 bits per heavy atom. The van der Waals surface area contributed by atoms with E-state index in [4.69, 9.17) is 5.73 Å². The number of anilines is 1. The first-order chi connectivity index (χ1) is 7.75. The summed E-state index contributed by atoms with van der Waals surface area (Å²) in [4.78, 5) is 0. The molecule has 1 aliphatic heterocycles. The molecule has 0 aromatic heterocycles. The summed E-state index contributed by atoms with van der Waals surface area (Å²) in [5.74, 6) is 0. The van der Waals surface area contributed by atoms with Crippen molar-refractivity contribution in [1.82, 2.24) is 10.4 Å². The molecule has 0 amide bonds. The normalized spacial score (nSPS) is 17.6. The average Bonchev–Trinajstić information content (AvgIpc) is 2.32. The molecule has 2 rings (SSSR count). The molecule has 3 nitrogen and oxygen atoms in total.